The van der Waals surface area contributed by atoms with E-state index in [2.05, 4.69) is 10.6 Å². The fourth-order valence-corrected chi connectivity index (χ4v) is 1.97. The predicted molar refractivity (Wildman–Crippen MR) is 83.3 cm³/mol. The van der Waals surface area contributed by atoms with Crippen LogP contribution in [0, 0.1) is 0 Å². The van der Waals surface area contributed by atoms with E-state index >= 15 is 0 Å². The second-order valence-corrected chi connectivity index (χ2v) is 5.87. The Balaban J connectivity index is 1.80. The molecule has 2 amide bonds. The van der Waals surface area contributed by atoms with Gasteiger partial charge in [-0.3, -0.25) is 14.5 Å². The van der Waals surface area contributed by atoms with Crippen molar-refractivity contribution in [2.45, 2.75) is 31.8 Å². The number of nitrogens with one attached hydrogen (secondary N) is 2. The average Bonchev–Trinajstić information content (AvgIpc) is 3.24. The molecule has 21 heavy (non-hydrogen) atoms. The summed E-state index contributed by atoms with van der Waals surface area (Å²) in [5.74, 6) is -0.190. The van der Waals surface area contributed by atoms with Crippen molar-refractivity contribution in [3.05, 3.63) is 29.3 Å². The summed E-state index contributed by atoms with van der Waals surface area (Å²) in [6.07, 6.45) is 2.11. The Morgan fingerprint density at radius 2 is 1.95 bits per heavy atom. The van der Waals surface area contributed by atoms with E-state index in [9.17, 15) is 9.59 Å². The van der Waals surface area contributed by atoms with Crippen molar-refractivity contribution in [2.24, 2.45) is 0 Å². The normalized spacial score (nSPS) is 15.6. The maximum atomic E-state index is 12.0. The third kappa shape index (κ3) is 5.02. The molecule has 0 saturated heterocycles. The first-order valence-corrected chi connectivity index (χ1v) is 7.39. The molecule has 1 saturated carbocycles. The Kier molecular flexibility index (Phi) is 5.20. The van der Waals surface area contributed by atoms with E-state index in [-0.39, 0.29) is 24.4 Å². The minimum absolute atomic E-state index is 0.0284. The van der Waals surface area contributed by atoms with Crippen molar-refractivity contribution in [3.8, 4) is 0 Å². The number of nitrogens with zero attached hydrogens (tertiary/aromatic N) is 1. The van der Waals surface area contributed by atoms with Crippen LogP contribution in [0.1, 0.15) is 19.8 Å². The molecule has 2 N–H and O–H groups in total. The summed E-state index contributed by atoms with van der Waals surface area (Å²) in [6.45, 7) is 1.95. The SMILES string of the molecule is C[C@H](C(=O)NC1CC1)N(C)CC(=O)Nc1ccc(Cl)cc1. The van der Waals surface area contributed by atoms with Crippen LogP contribution >= 0.6 is 11.6 Å². The van der Waals surface area contributed by atoms with Crippen molar-refractivity contribution in [1.29, 1.82) is 0 Å². The zero-order valence-electron chi connectivity index (χ0n) is 12.2. The number of hydrogen-bond acceptors (Lipinski definition) is 3. The zero-order chi connectivity index (χ0) is 15.4. The maximum Gasteiger partial charge on any atom is 0.238 e. The van der Waals surface area contributed by atoms with Gasteiger partial charge >= 0.3 is 0 Å². The molecule has 2 rings (SSSR count). The molecule has 0 radical (unpaired) electrons. The Morgan fingerprint density at radius 3 is 2.52 bits per heavy atom. The topological polar surface area (TPSA) is 61.4 Å². The quantitative estimate of drug-likeness (QED) is 0.843. The average molecular weight is 310 g/mol. The summed E-state index contributed by atoms with van der Waals surface area (Å²) in [7, 11) is 1.76. The highest BCUT2D eigenvalue weighted by atomic mass is 35.5. The van der Waals surface area contributed by atoms with Gasteiger partial charge in [-0.2, -0.15) is 0 Å². The molecule has 1 fully saturated rings. The number of hydrogen-bond donors (Lipinski definition) is 2. The smallest absolute Gasteiger partial charge is 0.238 e. The monoisotopic (exact) mass is 309 g/mol. The van der Waals surface area contributed by atoms with Gasteiger partial charge < -0.3 is 10.6 Å². The number of benzene rings is 1. The number of carbonyl (C=O) groups excluding carboxylic acids is 2. The van der Waals surface area contributed by atoms with Crippen LogP contribution < -0.4 is 10.6 Å². The van der Waals surface area contributed by atoms with Crippen LogP contribution in [0.2, 0.25) is 5.02 Å². The minimum atomic E-state index is -0.332. The van der Waals surface area contributed by atoms with Crippen molar-refractivity contribution in [1.82, 2.24) is 10.2 Å². The lowest BCUT2D eigenvalue weighted by atomic mass is 10.2. The third-order valence-electron chi connectivity index (χ3n) is 3.49. The molecule has 114 valence electrons. The van der Waals surface area contributed by atoms with Gasteiger partial charge in [0, 0.05) is 16.8 Å². The summed E-state index contributed by atoms with van der Waals surface area (Å²) >= 11 is 5.79. The van der Waals surface area contributed by atoms with Gasteiger partial charge in [0.1, 0.15) is 0 Å². The van der Waals surface area contributed by atoms with Crippen LogP contribution in [0.15, 0.2) is 24.3 Å². The van der Waals surface area contributed by atoms with Gasteiger partial charge in [-0.05, 0) is 51.1 Å². The molecule has 0 aromatic heterocycles. The molecule has 0 spiro atoms. The summed E-state index contributed by atoms with van der Waals surface area (Å²) in [4.78, 5) is 25.6. The molecule has 0 heterocycles. The number of anilines is 1. The number of carbonyl (C=O) groups is 2. The van der Waals surface area contributed by atoms with Gasteiger partial charge in [-0.15, -0.1) is 0 Å². The summed E-state index contributed by atoms with van der Waals surface area (Å²) in [5, 5.41) is 6.33. The molecule has 5 nitrogen and oxygen atoms in total. The molecule has 1 aliphatic rings. The minimum Gasteiger partial charge on any atom is -0.352 e. The van der Waals surface area contributed by atoms with Crippen molar-refractivity contribution >= 4 is 29.1 Å². The first kappa shape index (κ1) is 15.8. The summed E-state index contributed by atoms with van der Waals surface area (Å²) < 4.78 is 0. The molecule has 0 aliphatic heterocycles. The van der Waals surface area contributed by atoms with Gasteiger partial charge in [0.05, 0.1) is 12.6 Å². The van der Waals surface area contributed by atoms with Crippen LogP contribution in [-0.2, 0) is 9.59 Å². The van der Waals surface area contributed by atoms with Crippen molar-refractivity contribution in [2.75, 3.05) is 18.9 Å². The van der Waals surface area contributed by atoms with Crippen LogP contribution in [0.3, 0.4) is 0 Å². The number of amides is 2. The highest BCUT2D eigenvalue weighted by Gasteiger charge is 2.27. The number of likely N-dealkylation sites (N-methyl/N-ethyl adjacent to an activating group) is 1. The molecular formula is C15H20ClN3O2. The fraction of sp³-hybridized carbons (Fsp3) is 0.467. The summed E-state index contributed by atoms with van der Waals surface area (Å²) in [6, 6.07) is 6.91. The standard InChI is InChI=1S/C15H20ClN3O2/c1-10(15(21)18-13-7-8-13)19(2)9-14(20)17-12-5-3-11(16)4-6-12/h3-6,10,13H,7-9H2,1-2H3,(H,17,20)(H,18,21)/t10-/m1/s1. The van der Waals surface area contributed by atoms with Crippen LogP contribution in [0.5, 0.6) is 0 Å². The highest BCUT2D eigenvalue weighted by Crippen LogP contribution is 2.19. The second kappa shape index (κ2) is 6.91. The van der Waals surface area contributed by atoms with Gasteiger partial charge in [-0.1, -0.05) is 11.6 Å². The molecule has 1 aliphatic carbocycles. The lowest BCUT2D eigenvalue weighted by Gasteiger charge is -2.23. The Hall–Kier alpha value is -1.59. The number of halogens is 1. The molecule has 1 aromatic carbocycles. The maximum absolute atomic E-state index is 12.0. The zero-order valence-corrected chi connectivity index (χ0v) is 13.0. The van der Waals surface area contributed by atoms with Crippen molar-refractivity contribution in [3.63, 3.8) is 0 Å². The molecule has 0 bridgehead atoms. The predicted octanol–water partition coefficient (Wildman–Crippen LogP) is 1.88. The Labute approximate surface area is 129 Å². The first-order valence-electron chi connectivity index (χ1n) is 7.01. The van der Waals surface area contributed by atoms with E-state index in [0.29, 0.717) is 16.8 Å². The fourth-order valence-electron chi connectivity index (χ4n) is 1.85. The van der Waals surface area contributed by atoms with Crippen molar-refractivity contribution < 1.29 is 9.59 Å². The molecule has 0 unspecified atom stereocenters. The van der Waals surface area contributed by atoms with Gasteiger partial charge in [0.2, 0.25) is 11.8 Å². The van der Waals surface area contributed by atoms with E-state index < -0.39 is 0 Å². The Morgan fingerprint density at radius 1 is 1.33 bits per heavy atom. The molecule has 1 atom stereocenters. The van der Waals surface area contributed by atoms with E-state index in [1.807, 2.05) is 0 Å². The largest absolute Gasteiger partial charge is 0.352 e. The highest BCUT2D eigenvalue weighted by molar-refractivity contribution is 6.30. The third-order valence-corrected chi connectivity index (χ3v) is 3.74. The van der Waals surface area contributed by atoms with E-state index in [4.69, 9.17) is 11.6 Å². The van der Waals surface area contributed by atoms with Crippen LogP contribution in [0.25, 0.3) is 0 Å². The lowest BCUT2D eigenvalue weighted by molar-refractivity contribution is -0.126. The summed E-state index contributed by atoms with van der Waals surface area (Å²) in [5.41, 5.74) is 0.688. The Bertz CT molecular complexity index is 514. The molecular weight excluding hydrogens is 290 g/mol. The lowest BCUT2D eigenvalue weighted by Crippen LogP contribution is -2.46. The van der Waals surface area contributed by atoms with Crippen LogP contribution in [-0.4, -0.2) is 42.4 Å². The van der Waals surface area contributed by atoms with Gasteiger partial charge in [-0.25, -0.2) is 0 Å². The first-order chi connectivity index (χ1) is 9.95. The second-order valence-electron chi connectivity index (χ2n) is 5.43. The van der Waals surface area contributed by atoms with E-state index in [0.717, 1.165) is 12.8 Å². The van der Waals surface area contributed by atoms with Crippen LogP contribution in [0.4, 0.5) is 5.69 Å². The number of rotatable bonds is 6. The van der Waals surface area contributed by atoms with Gasteiger partial charge in [0.25, 0.3) is 0 Å². The van der Waals surface area contributed by atoms with E-state index in [1.54, 1.807) is 43.1 Å². The molecule has 1 aromatic rings. The van der Waals surface area contributed by atoms with E-state index in [1.165, 1.54) is 0 Å². The van der Waals surface area contributed by atoms with Gasteiger partial charge in [0.15, 0.2) is 0 Å². The molecule has 6 heteroatoms.